The fourth-order valence-corrected chi connectivity index (χ4v) is 2.45. The zero-order valence-electron chi connectivity index (χ0n) is 13.0. The Morgan fingerprint density at radius 1 is 1.00 bits per heavy atom. The number of ether oxygens (including phenoxy) is 1. The third-order valence-electron chi connectivity index (χ3n) is 3.67. The maximum Gasteiger partial charge on any atom is 0.119 e. The average Bonchev–Trinajstić information content (AvgIpc) is 2.55. The highest BCUT2D eigenvalue weighted by Crippen LogP contribution is 2.20. The number of rotatable bonds is 8. The van der Waals surface area contributed by atoms with E-state index in [-0.39, 0.29) is 0 Å². The number of aryl methyl sites for hydroxylation is 1. The third kappa shape index (κ3) is 4.91. The Kier molecular flexibility index (Phi) is 6.29. The van der Waals surface area contributed by atoms with Gasteiger partial charge in [0.1, 0.15) is 5.75 Å². The van der Waals surface area contributed by atoms with E-state index < -0.39 is 0 Å². The van der Waals surface area contributed by atoms with E-state index in [0.717, 1.165) is 31.6 Å². The minimum Gasteiger partial charge on any atom is -0.494 e. The summed E-state index contributed by atoms with van der Waals surface area (Å²) in [5.74, 6) is 0.967. The molecule has 0 aliphatic carbocycles. The largest absolute Gasteiger partial charge is 0.494 e. The van der Waals surface area contributed by atoms with Crippen LogP contribution in [-0.4, -0.2) is 13.7 Å². The molecule has 0 spiro atoms. The zero-order chi connectivity index (χ0) is 14.9. The molecule has 0 amide bonds. The summed E-state index contributed by atoms with van der Waals surface area (Å²) in [4.78, 5) is 0. The van der Waals surface area contributed by atoms with Crippen molar-refractivity contribution in [2.45, 2.75) is 32.2 Å². The van der Waals surface area contributed by atoms with E-state index in [9.17, 15) is 0 Å². The molecule has 2 nitrogen and oxygen atoms in total. The fourth-order valence-electron chi connectivity index (χ4n) is 2.45. The van der Waals surface area contributed by atoms with Gasteiger partial charge in [0.25, 0.3) is 0 Å². The first-order chi connectivity index (χ1) is 10.3. The summed E-state index contributed by atoms with van der Waals surface area (Å²) in [6, 6.07) is 19.5. The Balaban J connectivity index is 1.89. The molecule has 0 radical (unpaired) electrons. The molecule has 21 heavy (non-hydrogen) atoms. The number of hydrogen-bond acceptors (Lipinski definition) is 2. The summed E-state index contributed by atoms with van der Waals surface area (Å²) in [5.41, 5.74) is 2.71. The van der Waals surface area contributed by atoms with Gasteiger partial charge in [-0.05, 0) is 49.6 Å². The number of hydrogen-bond donors (Lipinski definition) is 1. The van der Waals surface area contributed by atoms with E-state index in [0.29, 0.717) is 6.04 Å². The summed E-state index contributed by atoms with van der Waals surface area (Å²) in [5, 5.41) is 3.40. The van der Waals surface area contributed by atoms with Crippen LogP contribution < -0.4 is 10.1 Å². The molecular weight excluding hydrogens is 258 g/mol. The van der Waals surface area contributed by atoms with Gasteiger partial charge in [-0.2, -0.15) is 0 Å². The molecule has 0 bridgehead atoms. The molecule has 2 aromatic carbocycles. The van der Waals surface area contributed by atoms with Crippen molar-refractivity contribution >= 4 is 0 Å². The van der Waals surface area contributed by atoms with Crippen molar-refractivity contribution in [1.29, 1.82) is 0 Å². The Labute approximate surface area is 128 Å². The molecule has 112 valence electrons. The van der Waals surface area contributed by atoms with Crippen molar-refractivity contribution < 1.29 is 4.74 Å². The smallest absolute Gasteiger partial charge is 0.119 e. The fraction of sp³-hybridized carbons (Fsp3) is 0.368. The Morgan fingerprint density at radius 3 is 2.33 bits per heavy atom. The van der Waals surface area contributed by atoms with Crippen molar-refractivity contribution in [2.24, 2.45) is 0 Å². The first-order valence-electron chi connectivity index (χ1n) is 7.77. The van der Waals surface area contributed by atoms with Crippen LogP contribution in [0.1, 0.15) is 36.9 Å². The van der Waals surface area contributed by atoms with E-state index >= 15 is 0 Å². The normalized spacial score (nSPS) is 12.1. The molecule has 0 fully saturated rings. The van der Waals surface area contributed by atoms with Crippen LogP contribution in [0.25, 0.3) is 0 Å². The van der Waals surface area contributed by atoms with Gasteiger partial charge in [0.15, 0.2) is 0 Å². The third-order valence-corrected chi connectivity index (χ3v) is 3.67. The second-order valence-corrected chi connectivity index (χ2v) is 5.28. The Hall–Kier alpha value is -1.80. The second-order valence-electron chi connectivity index (χ2n) is 5.28. The van der Waals surface area contributed by atoms with Crippen molar-refractivity contribution in [3.05, 3.63) is 65.7 Å². The number of nitrogens with one attached hydrogen (secondary N) is 1. The molecule has 0 heterocycles. The van der Waals surface area contributed by atoms with Gasteiger partial charge in [0, 0.05) is 6.04 Å². The summed E-state index contributed by atoms with van der Waals surface area (Å²) >= 11 is 0. The van der Waals surface area contributed by atoms with Gasteiger partial charge in [-0.15, -0.1) is 0 Å². The minimum absolute atomic E-state index is 0.405. The quantitative estimate of drug-likeness (QED) is 0.777. The molecule has 2 aromatic rings. The van der Waals surface area contributed by atoms with Crippen LogP contribution in [0.4, 0.5) is 0 Å². The molecule has 2 rings (SSSR count). The summed E-state index contributed by atoms with van der Waals surface area (Å²) in [7, 11) is 2.03. The van der Waals surface area contributed by atoms with Crippen molar-refractivity contribution in [2.75, 3.05) is 13.7 Å². The van der Waals surface area contributed by atoms with E-state index in [1.807, 2.05) is 7.05 Å². The van der Waals surface area contributed by atoms with Crippen molar-refractivity contribution in [3.63, 3.8) is 0 Å². The first kappa shape index (κ1) is 15.6. The van der Waals surface area contributed by atoms with Gasteiger partial charge in [0.2, 0.25) is 0 Å². The first-order valence-corrected chi connectivity index (χ1v) is 7.77. The molecule has 0 aliphatic heterocycles. The molecular formula is C19H25NO. The number of benzene rings is 2. The van der Waals surface area contributed by atoms with Crippen LogP contribution in [0.2, 0.25) is 0 Å². The van der Waals surface area contributed by atoms with Crippen LogP contribution in [0.5, 0.6) is 5.75 Å². The van der Waals surface area contributed by atoms with Crippen LogP contribution in [0.15, 0.2) is 54.6 Å². The second kappa shape index (κ2) is 8.48. The van der Waals surface area contributed by atoms with E-state index in [1.54, 1.807) is 0 Å². The predicted octanol–water partition coefficient (Wildman–Crippen LogP) is 4.37. The average molecular weight is 283 g/mol. The van der Waals surface area contributed by atoms with Crippen LogP contribution >= 0.6 is 0 Å². The lowest BCUT2D eigenvalue weighted by Gasteiger charge is -2.16. The van der Waals surface area contributed by atoms with Gasteiger partial charge in [-0.25, -0.2) is 0 Å². The maximum atomic E-state index is 5.61. The molecule has 0 saturated heterocycles. The zero-order valence-corrected chi connectivity index (χ0v) is 13.0. The van der Waals surface area contributed by atoms with Crippen LogP contribution in [0, 0.1) is 0 Å². The highest BCUT2D eigenvalue weighted by atomic mass is 16.5. The molecule has 0 aliphatic rings. The van der Waals surface area contributed by atoms with Gasteiger partial charge in [-0.1, -0.05) is 49.4 Å². The highest BCUT2D eigenvalue weighted by Gasteiger charge is 2.08. The van der Waals surface area contributed by atoms with Gasteiger partial charge in [-0.3, -0.25) is 0 Å². The minimum atomic E-state index is 0.405. The van der Waals surface area contributed by atoms with E-state index in [2.05, 4.69) is 66.8 Å². The van der Waals surface area contributed by atoms with Gasteiger partial charge < -0.3 is 10.1 Å². The van der Waals surface area contributed by atoms with Crippen molar-refractivity contribution in [1.82, 2.24) is 5.32 Å². The highest BCUT2D eigenvalue weighted by molar-refractivity contribution is 5.28. The summed E-state index contributed by atoms with van der Waals surface area (Å²) < 4.78 is 5.61. The SMILES string of the molecule is CCCOc1ccc(CCC(NC)c2ccccc2)cc1. The predicted molar refractivity (Wildman–Crippen MR) is 88.8 cm³/mol. The lowest BCUT2D eigenvalue weighted by atomic mass is 9.99. The molecule has 0 saturated carbocycles. The maximum absolute atomic E-state index is 5.61. The summed E-state index contributed by atoms with van der Waals surface area (Å²) in [6.07, 6.45) is 3.20. The van der Waals surface area contributed by atoms with Crippen LogP contribution in [0.3, 0.4) is 0 Å². The lowest BCUT2D eigenvalue weighted by Crippen LogP contribution is -2.16. The van der Waals surface area contributed by atoms with Crippen molar-refractivity contribution in [3.8, 4) is 5.75 Å². The molecule has 1 unspecified atom stereocenters. The van der Waals surface area contributed by atoms with Gasteiger partial charge >= 0.3 is 0 Å². The molecule has 1 atom stereocenters. The standard InChI is InChI=1S/C19H25NO/c1-3-15-21-18-12-9-16(10-13-18)11-14-19(20-2)17-7-5-4-6-8-17/h4-10,12-13,19-20H,3,11,14-15H2,1-2H3. The van der Waals surface area contributed by atoms with Crippen LogP contribution in [-0.2, 0) is 6.42 Å². The van der Waals surface area contributed by atoms with E-state index in [1.165, 1.54) is 11.1 Å². The monoisotopic (exact) mass is 283 g/mol. The van der Waals surface area contributed by atoms with E-state index in [4.69, 9.17) is 4.74 Å². The Bertz CT molecular complexity index is 507. The molecule has 0 aromatic heterocycles. The molecule has 1 N–H and O–H groups in total. The molecule has 2 heteroatoms. The lowest BCUT2D eigenvalue weighted by molar-refractivity contribution is 0.317. The van der Waals surface area contributed by atoms with Gasteiger partial charge in [0.05, 0.1) is 6.61 Å². The summed E-state index contributed by atoms with van der Waals surface area (Å²) in [6.45, 7) is 2.91. The Morgan fingerprint density at radius 2 is 1.71 bits per heavy atom. The topological polar surface area (TPSA) is 21.3 Å².